The Bertz CT molecular complexity index is 464. The molecule has 17 heavy (non-hydrogen) atoms. The highest BCUT2D eigenvalue weighted by Crippen LogP contribution is 2.61. The van der Waals surface area contributed by atoms with Gasteiger partial charge in [-0.1, -0.05) is 24.8 Å². The summed E-state index contributed by atoms with van der Waals surface area (Å²) in [6.45, 7) is 9.47. The molecule has 2 amide bonds. The second-order valence-electron chi connectivity index (χ2n) is 4.92. The Balaban J connectivity index is 2.40. The van der Waals surface area contributed by atoms with E-state index in [1.54, 1.807) is 12.2 Å². The monoisotopic (exact) mass is 249 g/mol. The number of fused-ring (bicyclic) bond motifs is 1. The molecule has 1 heterocycles. The summed E-state index contributed by atoms with van der Waals surface area (Å²) in [5, 5.41) is 2.08. The lowest BCUT2D eigenvalue weighted by Gasteiger charge is -2.19. The van der Waals surface area contributed by atoms with E-state index < -0.39 is 5.41 Å². The Kier molecular flexibility index (Phi) is 2.62. The molecule has 0 radical (unpaired) electrons. The zero-order valence-corrected chi connectivity index (χ0v) is 11.0. The standard InChI is InChI=1S/C13H16NO2P/c1-4-8(6-12(3,17)5-2)13-7-9(13)10(15)14-11(13)16/h4-6,9H,1-2,7,17H2,3H3,(H,14,15,16)/b8-6+. The second-order valence-corrected chi connectivity index (χ2v) is 6.16. The van der Waals surface area contributed by atoms with E-state index in [2.05, 4.69) is 27.7 Å². The van der Waals surface area contributed by atoms with Gasteiger partial charge in [0.15, 0.2) is 0 Å². The maximum atomic E-state index is 11.9. The Hall–Kier alpha value is -1.21. The molecule has 2 fully saturated rings. The van der Waals surface area contributed by atoms with Crippen LogP contribution in [0, 0.1) is 11.3 Å². The third-order valence-electron chi connectivity index (χ3n) is 3.56. The van der Waals surface area contributed by atoms with Crippen molar-refractivity contribution >= 4 is 21.1 Å². The molecule has 4 atom stereocenters. The van der Waals surface area contributed by atoms with Gasteiger partial charge in [0.2, 0.25) is 11.8 Å². The molecule has 1 aliphatic carbocycles. The van der Waals surface area contributed by atoms with Crippen LogP contribution in [0.25, 0.3) is 0 Å². The van der Waals surface area contributed by atoms with Crippen molar-refractivity contribution in [3.63, 3.8) is 0 Å². The molecular formula is C13H16NO2P. The van der Waals surface area contributed by atoms with Crippen LogP contribution >= 0.6 is 9.24 Å². The van der Waals surface area contributed by atoms with Gasteiger partial charge >= 0.3 is 0 Å². The van der Waals surface area contributed by atoms with E-state index in [0.717, 1.165) is 5.57 Å². The Morgan fingerprint density at radius 3 is 2.59 bits per heavy atom. The number of carbonyl (C=O) groups is 2. The molecule has 0 bridgehead atoms. The minimum atomic E-state index is -0.653. The SMILES string of the molecule is C=C/C(=C\C(C)(P)C=C)C12CC1C(=O)NC2=O. The van der Waals surface area contributed by atoms with Gasteiger partial charge in [-0.25, -0.2) is 0 Å². The van der Waals surface area contributed by atoms with Crippen LogP contribution in [0.15, 0.2) is 37.0 Å². The van der Waals surface area contributed by atoms with E-state index in [4.69, 9.17) is 0 Å². The molecule has 90 valence electrons. The van der Waals surface area contributed by atoms with Gasteiger partial charge < -0.3 is 0 Å². The van der Waals surface area contributed by atoms with Crippen LogP contribution in [0.2, 0.25) is 0 Å². The van der Waals surface area contributed by atoms with Crippen molar-refractivity contribution in [2.24, 2.45) is 11.3 Å². The molecule has 0 aromatic rings. The first kappa shape index (κ1) is 12.3. The summed E-state index contributed by atoms with van der Waals surface area (Å²) in [6, 6.07) is 0. The number of piperidine rings is 1. The summed E-state index contributed by atoms with van der Waals surface area (Å²) >= 11 is 0. The third-order valence-corrected chi connectivity index (χ3v) is 3.96. The number of nitrogens with one attached hydrogen (secondary N) is 1. The minimum Gasteiger partial charge on any atom is -0.295 e. The molecule has 1 saturated heterocycles. The van der Waals surface area contributed by atoms with Gasteiger partial charge in [-0.15, -0.1) is 15.8 Å². The maximum Gasteiger partial charge on any atom is 0.238 e. The summed E-state index contributed by atoms with van der Waals surface area (Å²) < 4.78 is 0. The lowest BCUT2D eigenvalue weighted by molar-refractivity contribution is -0.128. The molecule has 0 aromatic carbocycles. The highest BCUT2D eigenvalue weighted by Gasteiger charge is 2.69. The zero-order valence-electron chi connectivity index (χ0n) is 9.82. The maximum absolute atomic E-state index is 11.9. The first-order chi connectivity index (χ1) is 7.87. The fourth-order valence-electron chi connectivity index (χ4n) is 2.35. The Morgan fingerprint density at radius 2 is 2.24 bits per heavy atom. The van der Waals surface area contributed by atoms with Crippen LogP contribution in [0.3, 0.4) is 0 Å². The van der Waals surface area contributed by atoms with Crippen LogP contribution in [0.5, 0.6) is 0 Å². The highest BCUT2D eigenvalue weighted by atomic mass is 31.0. The molecule has 0 spiro atoms. The van der Waals surface area contributed by atoms with Crippen molar-refractivity contribution in [2.75, 3.05) is 0 Å². The molecule has 4 heteroatoms. The largest absolute Gasteiger partial charge is 0.295 e. The van der Waals surface area contributed by atoms with E-state index in [0.29, 0.717) is 6.42 Å². The van der Waals surface area contributed by atoms with Crippen LogP contribution in [-0.4, -0.2) is 17.0 Å². The number of carbonyl (C=O) groups excluding carboxylic acids is 2. The van der Waals surface area contributed by atoms with Crippen molar-refractivity contribution < 1.29 is 9.59 Å². The quantitative estimate of drug-likeness (QED) is 0.356. The molecule has 1 N–H and O–H groups in total. The van der Waals surface area contributed by atoms with Gasteiger partial charge in [0.05, 0.1) is 11.3 Å². The number of allylic oxidation sites excluding steroid dienone is 3. The average molecular weight is 249 g/mol. The first-order valence-electron chi connectivity index (χ1n) is 5.51. The molecule has 1 aliphatic heterocycles. The summed E-state index contributed by atoms with van der Waals surface area (Å²) in [4.78, 5) is 23.3. The summed E-state index contributed by atoms with van der Waals surface area (Å²) in [5.41, 5.74) is 0.169. The highest BCUT2D eigenvalue weighted by molar-refractivity contribution is 7.19. The van der Waals surface area contributed by atoms with Gasteiger partial charge in [0.25, 0.3) is 0 Å². The van der Waals surface area contributed by atoms with Crippen molar-refractivity contribution in [1.82, 2.24) is 5.32 Å². The van der Waals surface area contributed by atoms with Gasteiger partial charge in [-0.05, 0) is 18.9 Å². The van der Waals surface area contributed by atoms with Gasteiger partial charge in [0, 0.05) is 5.16 Å². The minimum absolute atomic E-state index is 0.160. The van der Waals surface area contributed by atoms with Crippen molar-refractivity contribution in [1.29, 1.82) is 0 Å². The van der Waals surface area contributed by atoms with Gasteiger partial charge in [0.1, 0.15) is 0 Å². The fraction of sp³-hybridized carbons (Fsp3) is 0.385. The first-order valence-corrected chi connectivity index (χ1v) is 6.08. The summed E-state index contributed by atoms with van der Waals surface area (Å²) in [7, 11) is 2.66. The predicted molar refractivity (Wildman–Crippen MR) is 70.3 cm³/mol. The van der Waals surface area contributed by atoms with Crippen LogP contribution in [0.4, 0.5) is 0 Å². The van der Waals surface area contributed by atoms with Gasteiger partial charge in [-0.2, -0.15) is 0 Å². The molecule has 2 rings (SSSR count). The molecule has 0 aromatic heterocycles. The molecular weight excluding hydrogens is 233 g/mol. The third kappa shape index (κ3) is 1.69. The van der Waals surface area contributed by atoms with E-state index in [-0.39, 0.29) is 22.9 Å². The van der Waals surface area contributed by atoms with Gasteiger partial charge in [-0.3, -0.25) is 14.9 Å². The van der Waals surface area contributed by atoms with Crippen LogP contribution < -0.4 is 5.32 Å². The number of rotatable bonds is 4. The number of amides is 2. The lowest BCUT2D eigenvalue weighted by Crippen LogP contribution is -2.29. The topological polar surface area (TPSA) is 46.2 Å². The Labute approximate surface area is 103 Å². The Morgan fingerprint density at radius 1 is 1.59 bits per heavy atom. The number of hydrogen-bond donors (Lipinski definition) is 1. The normalized spacial score (nSPS) is 34.7. The lowest BCUT2D eigenvalue weighted by atomic mass is 9.90. The van der Waals surface area contributed by atoms with Crippen LogP contribution in [-0.2, 0) is 9.59 Å². The molecule has 2 aliphatic rings. The smallest absolute Gasteiger partial charge is 0.238 e. The average Bonchev–Trinajstić information content (AvgIpc) is 2.97. The van der Waals surface area contributed by atoms with Crippen molar-refractivity contribution in [3.8, 4) is 0 Å². The predicted octanol–water partition coefficient (Wildman–Crippen LogP) is 1.58. The van der Waals surface area contributed by atoms with Crippen LogP contribution in [0.1, 0.15) is 13.3 Å². The molecule has 3 nitrogen and oxygen atoms in total. The zero-order chi connectivity index (χ0) is 12.8. The van der Waals surface area contributed by atoms with E-state index >= 15 is 0 Å². The van der Waals surface area contributed by atoms with E-state index in [1.807, 2.05) is 13.0 Å². The fourth-order valence-corrected chi connectivity index (χ4v) is 2.53. The number of hydrogen-bond acceptors (Lipinski definition) is 2. The summed E-state index contributed by atoms with van der Waals surface area (Å²) in [6.07, 6.45) is 6.00. The second kappa shape index (κ2) is 3.64. The van der Waals surface area contributed by atoms with E-state index in [1.165, 1.54) is 0 Å². The summed E-state index contributed by atoms with van der Waals surface area (Å²) in [5.74, 6) is -0.555. The molecule has 4 unspecified atom stereocenters. The van der Waals surface area contributed by atoms with Crippen molar-refractivity contribution in [3.05, 3.63) is 37.0 Å². The van der Waals surface area contributed by atoms with E-state index in [9.17, 15) is 9.59 Å². The number of imide groups is 1. The van der Waals surface area contributed by atoms with Crippen molar-refractivity contribution in [2.45, 2.75) is 18.5 Å². The molecule has 1 saturated carbocycles.